The number of nitrogens with zero attached hydrogens (tertiary/aromatic N) is 2. The number of rotatable bonds is 7. The van der Waals surface area contributed by atoms with Gasteiger partial charge in [-0.25, -0.2) is 8.42 Å². The first-order valence-corrected chi connectivity index (χ1v) is 15.5. The van der Waals surface area contributed by atoms with Gasteiger partial charge in [-0.2, -0.15) is 30.6 Å². The molecule has 0 aromatic heterocycles. The van der Waals surface area contributed by atoms with Crippen LogP contribution in [0.5, 0.6) is 0 Å². The number of ether oxygens (including phenoxy) is 1. The number of sulfonamides is 1. The van der Waals surface area contributed by atoms with Gasteiger partial charge in [0.05, 0.1) is 38.4 Å². The number of hydrogen-bond acceptors (Lipinski definition) is 5. The lowest BCUT2D eigenvalue weighted by atomic mass is 9.83. The summed E-state index contributed by atoms with van der Waals surface area (Å²) >= 11 is 17.5. The van der Waals surface area contributed by atoms with Crippen LogP contribution in [-0.4, -0.2) is 67.5 Å². The molecular weight excluding hydrogens is 673 g/mol. The van der Waals surface area contributed by atoms with Gasteiger partial charge in [0, 0.05) is 25.7 Å². The molecule has 1 unspecified atom stereocenters. The molecule has 2 aromatic rings. The molecule has 0 spiro atoms. The molecule has 2 saturated heterocycles. The van der Waals surface area contributed by atoms with Crippen molar-refractivity contribution in [2.75, 3.05) is 32.8 Å². The molecule has 17 heteroatoms. The molecular formula is C26H25Cl3F6N2O5S. The summed E-state index contributed by atoms with van der Waals surface area (Å²) in [5, 5.41) is 9.16. The minimum absolute atomic E-state index is 0.0253. The summed E-state index contributed by atoms with van der Waals surface area (Å²) in [6, 6.07) is 3.41. The number of aliphatic hydroxyl groups is 1. The topological polar surface area (TPSA) is 87.2 Å². The van der Waals surface area contributed by atoms with E-state index in [1.54, 1.807) is 0 Å². The van der Waals surface area contributed by atoms with Gasteiger partial charge in [-0.1, -0.05) is 40.9 Å². The second-order valence-electron chi connectivity index (χ2n) is 10.3. The van der Waals surface area contributed by atoms with Crippen molar-refractivity contribution in [2.24, 2.45) is 0 Å². The first-order valence-electron chi connectivity index (χ1n) is 12.9. The van der Waals surface area contributed by atoms with Gasteiger partial charge in [0.15, 0.2) is 0 Å². The molecule has 1 atom stereocenters. The Bertz CT molecular complexity index is 1460. The standard InChI is InChI=1S/C26H25Cl3F6N2O5S/c27-19-4-3-15(10-18(19)26(33,34)35)24(39)5-8-36(9-6-24)22(38)14-42-13-17-2-1-7-37(17)43(40,41)23-20(28)11-16(12-21(23)29)25(30,31)32/h3-4,10-12,17,39H,1-2,5-9,13-14H2. The molecule has 0 radical (unpaired) electrons. The van der Waals surface area contributed by atoms with Crippen LogP contribution in [0.25, 0.3) is 0 Å². The van der Waals surface area contributed by atoms with E-state index < -0.39 is 77.6 Å². The zero-order chi connectivity index (χ0) is 32.0. The minimum Gasteiger partial charge on any atom is -0.385 e. The molecule has 1 N–H and O–H groups in total. The van der Waals surface area contributed by atoms with Gasteiger partial charge in [-0.05, 0) is 55.5 Å². The monoisotopic (exact) mass is 696 g/mol. The van der Waals surface area contributed by atoms with Crippen molar-refractivity contribution in [1.29, 1.82) is 0 Å². The highest BCUT2D eigenvalue weighted by Crippen LogP contribution is 2.41. The van der Waals surface area contributed by atoms with Gasteiger partial charge >= 0.3 is 12.4 Å². The van der Waals surface area contributed by atoms with Crippen molar-refractivity contribution in [2.45, 2.75) is 54.6 Å². The summed E-state index contributed by atoms with van der Waals surface area (Å²) in [5.41, 5.74) is -3.85. The Morgan fingerprint density at radius 1 is 0.953 bits per heavy atom. The van der Waals surface area contributed by atoms with Crippen molar-refractivity contribution >= 4 is 50.7 Å². The number of benzene rings is 2. The van der Waals surface area contributed by atoms with Crippen LogP contribution in [0.4, 0.5) is 26.3 Å². The van der Waals surface area contributed by atoms with Crippen LogP contribution in [0.3, 0.4) is 0 Å². The maximum atomic E-state index is 13.3. The van der Waals surface area contributed by atoms with Crippen LogP contribution in [0, 0.1) is 0 Å². The largest absolute Gasteiger partial charge is 0.417 e. The molecule has 238 valence electrons. The van der Waals surface area contributed by atoms with Crippen molar-refractivity contribution in [3.8, 4) is 0 Å². The summed E-state index contributed by atoms with van der Waals surface area (Å²) in [6.07, 6.45) is -8.81. The van der Waals surface area contributed by atoms with E-state index in [9.17, 15) is 44.7 Å². The van der Waals surface area contributed by atoms with Crippen molar-refractivity contribution in [3.63, 3.8) is 0 Å². The number of carbonyl (C=O) groups is 1. The number of likely N-dealkylation sites (tertiary alicyclic amines) is 1. The van der Waals surface area contributed by atoms with E-state index in [4.69, 9.17) is 39.5 Å². The van der Waals surface area contributed by atoms with E-state index in [-0.39, 0.29) is 44.6 Å². The van der Waals surface area contributed by atoms with E-state index in [2.05, 4.69) is 0 Å². The SMILES string of the molecule is O=C(COCC1CCCN1S(=O)(=O)c1c(Cl)cc(C(F)(F)F)cc1Cl)N1CCC(O)(c2ccc(Cl)c(C(F)(F)F)c2)CC1. The predicted octanol–water partition coefficient (Wildman–Crippen LogP) is 6.36. The molecule has 2 aliphatic rings. The molecule has 7 nitrogen and oxygen atoms in total. The first kappa shape index (κ1) is 34.1. The number of piperidine rings is 1. The lowest BCUT2D eigenvalue weighted by Gasteiger charge is -2.38. The Labute approximate surface area is 258 Å². The van der Waals surface area contributed by atoms with Crippen molar-refractivity contribution < 1.29 is 49.4 Å². The molecule has 2 aromatic carbocycles. The molecule has 2 fully saturated rings. The Hall–Kier alpha value is -1.81. The molecule has 4 rings (SSSR count). The number of halogens is 9. The zero-order valence-electron chi connectivity index (χ0n) is 22.1. The average Bonchev–Trinajstić information content (AvgIpc) is 3.37. The summed E-state index contributed by atoms with van der Waals surface area (Å²) < 4.78 is 112. The summed E-state index contributed by atoms with van der Waals surface area (Å²) in [4.78, 5) is 13.5. The fourth-order valence-electron chi connectivity index (χ4n) is 5.20. The Morgan fingerprint density at radius 3 is 2.12 bits per heavy atom. The van der Waals surface area contributed by atoms with Crippen LogP contribution < -0.4 is 0 Å². The van der Waals surface area contributed by atoms with Gasteiger partial charge in [-0.15, -0.1) is 0 Å². The van der Waals surface area contributed by atoms with Crippen LogP contribution in [0.1, 0.15) is 42.4 Å². The Balaban J connectivity index is 1.35. The van der Waals surface area contributed by atoms with Crippen LogP contribution in [0.15, 0.2) is 35.2 Å². The highest BCUT2D eigenvalue weighted by atomic mass is 35.5. The predicted molar refractivity (Wildman–Crippen MR) is 145 cm³/mol. The van der Waals surface area contributed by atoms with E-state index in [0.717, 1.165) is 16.4 Å². The molecule has 2 aliphatic heterocycles. The maximum absolute atomic E-state index is 13.3. The van der Waals surface area contributed by atoms with E-state index in [0.29, 0.717) is 25.0 Å². The second kappa shape index (κ2) is 12.5. The Kier molecular flexibility index (Phi) is 9.93. The third-order valence-electron chi connectivity index (χ3n) is 7.50. The van der Waals surface area contributed by atoms with Gasteiger partial charge in [-0.3, -0.25) is 4.79 Å². The first-order chi connectivity index (χ1) is 19.8. The lowest BCUT2D eigenvalue weighted by Crippen LogP contribution is -2.46. The highest BCUT2D eigenvalue weighted by Gasteiger charge is 2.41. The average molecular weight is 698 g/mol. The van der Waals surface area contributed by atoms with Crippen LogP contribution in [0.2, 0.25) is 15.1 Å². The number of alkyl halides is 6. The third-order valence-corrected chi connectivity index (χ3v) is 10.7. The van der Waals surface area contributed by atoms with E-state index >= 15 is 0 Å². The van der Waals surface area contributed by atoms with Crippen molar-refractivity contribution in [1.82, 2.24) is 9.21 Å². The summed E-state index contributed by atoms with van der Waals surface area (Å²) in [6.45, 7) is -0.564. The summed E-state index contributed by atoms with van der Waals surface area (Å²) in [7, 11) is -4.42. The van der Waals surface area contributed by atoms with Gasteiger partial charge in [0.25, 0.3) is 0 Å². The summed E-state index contributed by atoms with van der Waals surface area (Å²) in [5.74, 6) is -0.477. The number of carbonyl (C=O) groups excluding carboxylic acids is 1. The fourth-order valence-corrected chi connectivity index (χ4v) is 8.27. The van der Waals surface area contributed by atoms with Gasteiger partial charge in [0.2, 0.25) is 15.9 Å². The molecule has 43 heavy (non-hydrogen) atoms. The Morgan fingerprint density at radius 2 is 1.56 bits per heavy atom. The highest BCUT2D eigenvalue weighted by molar-refractivity contribution is 7.89. The van der Waals surface area contributed by atoms with Crippen molar-refractivity contribution in [3.05, 3.63) is 62.1 Å². The molecule has 0 saturated carbocycles. The number of hydrogen-bond donors (Lipinski definition) is 1. The number of amides is 1. The third kappa shape index (κ3) is 7.37. The second-order valence-corrected chi connectivity index (χ2v) is 13.3. The maximum Gasteiger partial charge on any atom is 0.417 e. The molecule has 1 amide bonds. The van der Waals surface area contributed by atoms with Gasteiger partial charge < -0.3 is 14.7 Å². The molecule has 0 aliphatic carbocycles. The smallest absolute Gasteiger partial charge is 0.385 e. The molecule has 0 bridgehead atoms. The van der Waals surface area contributed by atoms with Gasteiger partial charge in [0.1, 0.15) is 11.5 Å². The lowest BCUT2D eigenvalue weighted by molar-refractivity contribution is -0.141. The van der Waals surface area contributed by atoms with E-state index in [1.807, 2.05) is 0 Å². The fraction of sp³-hybridized carbons (Fsp3) is 0.500. The molecule has 2 heterocycles. The quantitative estimate of drug-likeness (QED) is 0.341. The van der Waals surface area contributed by atoms with Crippen LogP contribution in [-0.2, 0) is 37.5 Å². The van der Waals surface area contributed by atoms with E-state index in [1.165, 1.54) is 11.0 Å². The zero-order valence-corrected chi connectivity index (χ0v) is 25.2. The minimum atomic E-state index is -4.79. The van der Waals surface area contributed by atoms with Crippen LogP contribution >= 0.6 is 34.8 Å². The normalized spacial score (nSPS) is 20.0.